The summed E-state index contributed by atoms with van der Waals surface area (Å²) >= 11 is 0. The van der Waals surface area contributed by atoms with Crippen molar-refractivity contribution in [3.05, 3.63) is 176 Å². The van der Waals surface area contributed by atoms with E-state index in [4.69, 9.17) is 15.0 Å². The van der Waals surface area contributed by atoms with E-state index in [2.05, 4.69) is 183 Å². The third-order valence-corrected chi connectivity index (χ3v) is 14.4. The molecule has 10 rings (SSSR count). The lowest BCUT2D eigenvalue weighted by atomic mass is 9.97. The van der Waals surface area contributed by atoms with Crippen LogP contribution in [0.25, 0.3) is 89.1 Å². The van der Waals surface area contributed by atoms with E-state index in [1.807, 2.05) is 6.07 Å². The van der Waals surface area contributed by atoms with Crippen molar-refractivity contribution in [3.8, 4) is 67.5 Å². The van der Waals surface area contributed by atoms with Crippen LogP contribution in [-0.4, -0.2) is 23.0 Å². The van der Waals surface area contributed by atoms with Gasteiger partial charge in [-0.2, -0.15) is 0 Å². The van der Waals surface area contributed by atoms with Gasteiger partial charge in [0, 0.05) is 16.7 Å². The van der Waals surface area contributed by atoms with Crippen molar-refractivity contribution in [2.24, 2.45) is 0 Å². The number of rotatable bonds is 5. The molecule has 2 heterocycles. The van der Waals surface area contributed by atoms with Gasteiger partial charge in [-0.15, -0.1) is 0 Å². The van der Waals surface area contributed by atoms with E-state index in [-0.39, 0.29) is 0 Å². The monoisotopic (exact) mass is 693 g/mol. The van der Waals surface area contributed by atoms with Gasteiger partial charge in [-0.25, -0.2) is 15.0 Å². The van der Waals surface area contributed by atoms with E-state index in [0.717, 1.165) is 33.2 Å². The van der Waals surface area contributed by atoms with Gasteiger partial charge >= 0.3 is 0 Å². The lowest BCUT2D eigenvalue weighted by Crippen LogP contribution is -2.50. The van der Waals surface area contributed by atoms with E-state index in [9.17, 15) is 0 Å². The van der Waals surface area contributed by atoms with Gasteiger partial charge in [0.2, 0.25) is 0 Å². The maximum absolute atomic E-state index is 5.32. The summed E-state index contributed by atoms with van der Waals surface area (Å²) < 4.78 is 0. The van der Waals surface area contributed by atoms with Crippen LogP contribution in [0.2, 0.25) is 13.1 Å². The molecule has 1 aliphatic rings. The fourth-order valence-electron chi connectivity index (χ4n) is 8.26. The van der Waals surface area contributed by atoms with E-state index in [1.165, 1.54) is 48.8 Å². The molecule has 0 atom stereocenters. The molecular formula is C49H35N3Si. The average Bonchev–Trinajstić information content (AvgIpc) is 3.47. The van der Waals surface area contributed by atoms with Gasteiger partial charge in [0.05, 0.1) is 0 Å². The van der Waals surface area contributed by atoms with Crippen molar-refractivity contribution in [1.29, 1.82) is 0 Å². The quantitative estimate of drug-likeness (QED) is 0.168. The SMILES string of the molecule is C[Si]1(C)c2ccc3ccccc3c2-c2cccc(-c3nc(-c4cccc(-c5ccccc5)c4)nc(-c4ccc5cc(-c6ccccc6)ccc5c4)n3)c21. The van der Waals surface area contributed by atoms with Crippen molar-refractivity contribution in [2.45, 2.75) is 13.1 Å². The molecule has 0 unspecified atom stereocenters. The first-order valence-electron chi connectivity index (χ1n) is 18.2. The molecule has 4 heteroatoms. The van der Waals surface area contributed by atoms with Crippen LogP contribution in [0, 0.1) is 0 Å². The van der Waals surface area contributed by atoms with Crippen molar-refractivity contribution >= 4 is 40.0 Å². The highest BCUT2D eigenvalue weighted by atomic mass is 28.3. The van der Waals surface area contributed by atoms with Crippen molar-refractivity contribution in [3.63, 3.8) is 0 Å². The van der Waals surface area contributed by atoms with Crippen LogP contribution < -0.4 is 10.4 Å². The fraction of sp³-hybridized carbons (Fsp3) is 0.0408. The molecule has 53 heavy (non-hydrogen) atoms. The molecule has 0 amide bonds. The number of aromatic nitrogens is 3. The molecule has 1 aromatic heterocycles. The van der Waals surface area contributed by atoms with Crippen LogP contribution in [0.5, 0.6) is 0 Å². The molecule has 0 saturated heterocycles. The molecule has 0 saturated carbocycles. The van der Waals surface area contributed by atoms with Gasteiger partial charge in [0.15, 0.2) is 17.5 Å². The zero-order valence-electron chi connectivity index (χ0n) is 29.6. The second-order valence-corrected chi connectivity index (χ2v) is 18.7. The van der Waals surface area contributed by atoms with Gasteiger partial charge in [-0.1, -0.05) is 171 Å². The van der Waals surface area contributed by atoms with E-state index < -0.39 is 8.07 Å². The van der Waals surface area contributed by atoms with E-state index in [1.54, 1.807) is 0 Å². The highest BCUT2D eigenvalue weighted by Gasteiger charge is 2.40. The molecule has 0 N–H and O–H groups in total. The summed E-state index contributed by atoms with van der Waals surface area (Å²) in [5, 5.41) is 7.76. The first-order valence-corrected chi connectivity index (χ1v) is 21.2. The minimum Gasteiger partial charge on any atom is -0.208 e. The van der Waals surface area contributed by atoms with Gasteiger partial charge in [-0.05, 0) is 83.5 Å². The molecular weight excluding hydrogens is 659 g/mol. The van der Waals surface area contributed by atoms with Gasteiger partial charge in [0.25, 0.3) is 0 Å². The van der Waals surface area contributed by atoms with Gasteiger partial charge < -0.3 is 0 Å². The van der Waals surface area contributed by atoms with Gasteiger partial charge in [0.1, 0.15) is 8.07 Å². The summed E-state index contributed by atoms with van der Waals surface area (Å²) in [5.41, 5.74) is 10.4. The fourth-order valence-corrected chi connectivity index (χ4v) is 11.7. The van der Waals surface area contributed by atoms with Crippen LogP contribution in [0.3, 0.4) is 0 Å². The standard InChI is InChI=1S/C49H35N3Si/c1-53(2)44-28-27-34-17-9-10-20-41(34)45(44)42-21-12-22-43(46(42)53)49-51-47(39-19-11-18-35(30-39)32-13-5-3-6-14-32)50-48(52-49)40-26-25-37-29-36(23-24-38(37)31-40)33-15-7-4-8-16-33/h3-31H,1-2H3. The number of benzene rings is 8. The summed E-state index contributed by atoms with van der Waals surface area (Å²) in [4.78, 5) is 15.8. The molecule has 1 aliphatic heterocycles. The number of hydrogen-bond donors (Lipinski definition) is 0. The van der Waals surface area contributed by atoms with E-state index >= 15 is 0 Å². The number of hydrogen-bond acceptors (Lipinski definition) is 3. The van der Waals surface area contributed by atoms with E-state index in [0.29, 0.717) is 17.5 Å². The molecule has 0 radical (unpaired) electrons. The molecule has 250 valence electrons. The largest absolute Gasteiger partial charge is 0.208 e. The maximum Gasteiger partial charge on any atom is 0.164 e. The van der Waals surface area contributed by atoms with Crippen LogP contribution in [0.1, 0.15) is 0 Å². The summed E-state index contributed by atoms with van der Waals surface area (Å²) in [5.74, 6) is 2.05. The van der Waals surface area contributed by atoms with Crippen molar-refractivity contribution in [1.82, 2.24) is 15.0 Å². The molecule has 8 aromatic carbocycles. The van der Waals surface area contributed by atoms with Crippen molar-refractivity contribution < 1.29 is 0 Å². The first kappa shape index (κ1) is 31.3. The highest BCUT2D eigenvalue weighted by Crippen LogP contribution is 2.38. The number of nitrogens with zero attached hydrogens (tertiary/aromatic N) is 3. The minimum absolute atomic E-state index is 0.667. The average molecular weight is 694 g/mol. The Morgan fingerprint density at radius 1 is 0.358 bits per heavy atom. The zero-order valence-corrected chi connectivity index (χ0v) is 30.6. The first-order chi connectivity index (χ1) is 26.0. The highest BCUT2D eigenvalue weighted by molar-refractivity contribution is 7.04. The smallest absolute Gasteiger partial charge is 0.164 e. The Kier molecular flexibility index (Phi) is 7.27. The maximum atomic E-state index is 5.32. The molecule has 0 bridgehead atoms. The van der Waals surface area contributed by atoms with Crippen molar-refractivity contribution in [2.75, 3.05) is 0 Å². The van der Waals surface area contributed by atoms with Gasteiger partial charge in [-0.3, -0.25) is 0 Å². The second kappa shape index (κ2) is 12.3. The number of fused-ring (bicyclic) bond motifs is 6. The predicted octanol–water partition coefficient (Wildman–Crippen LogP) is 11.3. The third kappa shape index (κ3) is 5.30. The van der Waals surface area contributed by atoms with Crippen LogP contribution in [0.4, 0.5) is 0 Å². The van der Waals surface area contributed by atoms with Crippen LogP contribution >= 0.6 is 0 Å². The lowest BCUT2D eigenvalue weighted by molar-refractivity contribution is 1.08. The molecule has 0 fully saturated rings. The summed E-state index contributed by atoms with van der Waals surface area (Å²) in [7, 11) is -2.14. The van der Waals surface area contributed by atoms with Crippen LogP contribution in [0.15, 0.2) is 176 Å². The normalized spacial score (nSPS) is 12.9. The predicted molar refractivity (Wildman–Crippen MR) is 224 cm³/mol. The Balaban J connectivity index is 1.17. The third-order valence-electron chi connectivity index (χ3n) is 10.9. The Morgan fingerprint density at radius 2 is 0.868 bits per heavy atom. The molecule has 0 aliphatic carbocycles. The Hall–Kier alpha value is -6.49. The summed E-state index contributed by atoms with van der Waals surface area (Å²) in [6.45, 7) is 4.94. The lowest BCUT2D eigenvalue weighted by Gasteiger charge is -2.22. The molecule has 3 nitrogen and oxygen atoms in total. The summed E-state index contributed by atoms with van der Waals surface area (Å²) in [6, 6.07) is 62.9. The Morgan fingerprint density at radius 3 is 1.60 bits per heavy atom. The zero-order chi connectivity index (χ0) is 35.5. The summed E-state index contributed by atoms with van der Waals surface area (Å²) in [6.07, 6.45) is 0. The Bertz CT molecular complexity index is 2860. The topological polar surface area (TPSA) is 38.7 Å². The van der Waals surface area contributed by atoms with Crippen LogP contribution in [-0.2, 0) is 0 Å². The minimum atomic E-state index is -2.14. The second-order valence-electron chi connectivity index (χ2n) is 14.5. The molecule has 9 aromatic rings. The molecule has 0 spiro atoms. The Labute approximate surface area is 310 Å².